The summed E-state index contributed by atoms with van der Waals surface area (Å²) in [5.41, 5.74) is 13.8. The van der Waals surface area contributed by atoms with Crippen LogP contribution >= 0.6 is 0 Å². The number of nitrogen functional groups attached to an aromatic ring is 1. The van der Waals surface area contributed by atoms with Crippen LogP contribution in [0.25, 0.3) is 32.3 Å². The van der Waals surface area contributed by atoms with E-state index in [0.29, 0.717) is 6.54 Å². The fraction of sp³-hybridized carbons (Fsp3) is 0.0606. The van der Waals surface area contributed by atoms with Crippen LogP contribution in [-0.4, -0.2) is 5.84 Å². The molecule has 0 unspecified atom stereocenters. The van der Waals surface area contributed by atoms with E-state index in [1.54, 1.807) is 0 Å². The maximum atomic E-state index is 7.01. The predicted octanol–water partition coefficient (Wildman–Crippen LogP) is 7.57. The number of hydrogen-bond acceptors (Lipinski definition) is 2. The van der Waals surface area contributed by atoms with Crippen LogP contribution in [0.2, 0.25) is 0 Å². The van der Waals surface area contributed by atoms with Gasteiger partial charge in [0.25, 0.3) is 0 Å². The number of rotatable bonds is 2. The average molecular weight is 470 g/mol. The van der Waals surface area contributed by atoms with Gasteiger partial charge in [-0.05, 0) is 44.8 Å². The monoisotopic (exact) mass is 469 g/mol. The van der Waals surface area contributed by atoms with Gasteiger partial charge in [0.1, 0.15) is 5.84 Å². The van der Waals surface area contributed by atoms with Gasteiger partial charge in [0, 0.05) is 12.1 Å². The first-order valence-corrected chi connectivity index (χ1v) is 12.0. The molecule has 0 saturated heterocycles. The van der Waals surface area contributed by atoms with E-state index in [4.69, 9.17) is 16.9 Å². The van der Waals surface area contributed by atoms with E-state index in [9.17, 15) is 0 Å². The van der Waals surface area contributed by atoms with Gasteiger partial charge in [-0.1, -0.05) is 133 Å². The zero-order valence-corrected chi connectivity index (χ0v) is 20.5. The molecule has 0 aliphatic carbocycles. The average Bonchev–Trinajstić information content (AvgIpc) is 2.94. The van der Waals surface area contributed by atoms with E-state index < -0.39 is 0 Å². The topological polar surface area (TPSA) is 75.9 Å². The quantitative estimate of drug-likeness (QED) is 0.139. The van der Waals surface area contributed by atoms with Crippen LogP contribution < -0.4 is 11.5 Å². The van der Waals surface area contributed by atoms with Crippen molar-refractivity contribution >= 4 is 38.2 Å². The Bertz CT molecular complexity index is 1590. The van der Waals surface area contributed by atoms with Crippen molar-refractivity contribution in [3.8, 4) is 0 Å². The number of benzene rings is 6. The standard InChI is InChI=1S/C19H14.C7H8N2.C7H9N/c1-13-6-11-18-16(12-13)10-9-15-8-7-14-4-2-3-5-17(14)19(15)18;8-7(9)6-4-2-1-3-5-6;8-6-7-4-2-1-3-5-7/h2-12H,1H3;1-5H,(H3,8,9);1-5H,6,8H2. The lowest BCUT2D eigenvalue weighted by atomic mass is 9.96. The van der Waals surface area contributed by atoms with Gasteiger partial charge in [-0.3, -0.25) is 5.41 Å². The maximum Gasteiger partial charge on any atom is 0.122 e. The van der Waals surface area contributed by atoms with E-state index in [2.05, 4.69) is 73.7 Å². The normalized spacial score (nSPS) is 10.3. The molecule has 6 aromatic carbocycles. The molecule has 0 atom stereocenters. The Balaban J connectivity index is 0.000000149. The summed E-state index contributed by atoms with van der Waals surface area (Å²) in [4.78, 5) is 0. The van der Waals surface area contributed by atoms with Crippen molar-refractivity contribution in [1.29, 1.82) is 5.41 Å². The molecule has 3 nitrogen and oxygen atoms in total. The second kappa shape index (κ2) is 11.8. The summed E-state index contributed by atoms with van der Waals surface area (Å²) in [7, 11) is 0. The van der Waals surface area contributed by atoms with Crippen molar-refractivity contribution in [3.05, 3.63) is 144 Å². The van der Waals surface area contributed by atoms with E-state index >= 15 is 0 Å². The Labute approximate surface area is 212 Å². The minimum absolute atomic E-state index is 0.121. The van der Waals surface area contributed by atoms with Gasteiger partial charge < -0.3 is 11.5 Å². The number of hydrogen-bond donors (Lipinski definition) is 3. The SMILES string of the molecule is Cc1ccc2c(ccc3ccc4ccccc4c32)c1.N=C(N)c1ccccc1.NCc1ccccc1. The zero-order valence-electron chi connectivity index (χ0n) is 20.5. The van der Waals surface area contributed by atoms with Crippen LogP contribution in [0, 0.1) is 12.3 Å². The molecule has 0 aliphatic rings. The van der Waals surface area contributed by atoms with E-state index in [1.807, 2.05) is 60.7 Å². The number of aryl methyl sites for hydroxylation is 1. The smallest absolute Gasteiger partial charge is 0.122 e. The minimum Gasteiger partial charge on any atom is -0.384 e. The Hall–Kier alpha value is -4.47. The van der Waals surface area contributed by atoms with Crippen LogP contribution in [0.1, 0.15) is 16.7 Å². The maximum absolute atomic E-state index is 7.01. The molecule has 0 spiro atoms. The van der Waals surface area contributed by atoms with Gasteiger partial charge in [-0.25, -0.2) is 0 Å². The molecule has 0 bridgehead atoms. The van der Waals surface area contributed by atoms with Crippen molar-refractivity contribution in [3.63, 3.8) is 0 Å². The lowest BCUT2D eigenvalue weighted by Crippen LogP contribution is -2.10. The summed E-state index contributed by atoms with van der Waals surface area (Å²) in [6.07, 6.45) is 0. The van der Waals surface area contributed by atoms with E-state index in [-0.39, 0.29) is 5.84 Å². The molecule has 3 heteroatoms. The van der Waals surface area contributed by atoms with Gasteiger partial charge in [-0.15, -0.1) is 0 Å². The summed E-state index contributed by atoms with van der Waals surface area (Å²) >= 11 is 0. The van der Waals surface area contributed by atoms with Gasteiger partial charge in [0.2, 0.25) is 0 Å². The second-order valence-corrected chi connectivity index (χ2v) is 8.64. The third-order valence-corrected chi connectivity index (χ3v) is 6.04. The van der Waals surface area contributed by atoms with E-state index in [0.717, 1.165) is 5.56 Å². The van der Waals surface area contributed by atoms with Crippen LogP contribution in [0.5, 0.6) is 0 Å². The van der Waals surface area contributed by atoms with Crippen molar-refractivity contribution < 1.29 is 0 Å². The Morgan fingerprint density at radius 1 is 0.611 bits per heavy atom. The van der Waals surface area contributed by atoms with Crippen LogP contribution in [0.3, 0.4) is 0 Å². The molecule has 0 aromatic heterocycles. The fourth-order valence-corrected chi connectivity index (χ4v) is 4.19. The van der Waals surface area contributed by atoms with E-state index in [1.165, 1.54) is 43.4 Å². The molecular weight excluding hydrogens is 438 g/mol. The highest BCUT2D eigenvalue weighted by atomic mass is 14.7. The first kappa shape index (κ1) is 24.6. The minimum atomic E-state index is 0.121. The molecule has 0 amide bonds. The Kier molecular flexibility index (Phi) is 8.07. The van der Waals surface area contributed by atoms with Crippen molar-refractivity contribution in [2.75, 3.05) is 0 Å². The fourth-order valence-electron chi connectivity index (χ4n) is 4.19. The highest BCUT2D eigenvalue weighted by molar-refractivity contribution is 6.20. The largest absolute Gasteiger partial charge is 0.384 e. The molecule has 5 N–H and O–H groups in total. The number of nitrogens with two attached hydrogens (primary N) is 2. The summed E-state index contributed by atoms with van der Waals surface area (Å²) in [5.74, 6) is 0.121. The van der Waals surface area contributed by atoms with Gasteiger partial charge >= 0.3 is 0 Å². The Morgan fingerprint density at radius 2 is 1.17 bits per heavy atom. The number of nitrogens with one attached hydrogen (secondary N) is 1. The third kappa shape index (κ3) is 5.96. The molecule has 0 heterocycles. The van der Waals surface area contributed by atoms with Crippen molar-refractivity contribution in [2.24, 2.45) is 11.5 Å². The second-order valence-electron chi connectivity index (χ2n) is 8.64. The van der Waals surface area contributed by atoms with Crippen molar-refractivity contribution in [1.82, 2.24) is 0 Å². The molecule has 178 valence electrons. The highest BCUT2D eigenvalue weighted by Gasteiger charge is 2.04. The summed E-state index contributed by atoms with van der Waals surface area (Å²) in [6.45, 7) is 2.79. The van der Waals surface area contributed by atoms with Gasteiger partial charge in [0.05, 0.1) is 0 Å². The molecular formula is C33H31N3. The molecule has 0 aliphatic heterocycles. The summed E-state index contributed by atoms with van der Waals surface area (Å²) < 4.78 is 0. The molecule has 0 saturated carbocycles. The van der Waals surface area contributed by atoms with Crippen molar-refractivity contribution in [2.45, 2.75) is 13.5 Å². The molecule has 36 heavy (non-hydrogen) atoms. The van der Waals surface area contributed by atoms with Gasteiger partial charge in [0.15, 0.2) is 0 Å². The molecule has 0 radical (unpaired) electrons. The lowest BCUT2D eigenvalue weighted by molar-refractivity contribution is 1.07. The first-order chi connectivity index (χ1) is 17.6. The lowest BCUT2D eigenvalue weighted by Gasteiger charge is -2.08. The highest BCUT2D eigenvalue weighted by Crippen LogP contribution is 2.32. The summed E-state index contributed by atoms with van der Waals surface area (Å²) in [5, 5.41) is 15.0. The van der Waals surface area contributed by atoms with Gasteiger partial charge in [-0.2, -0.15) is 0 Å². The van der Waals surface area contributed by atoms with Crippen LogP contribution in [0.4, 0.5) is 0 Å². The molecule has 0 fully saturated rings. The number of fused-ring (bicyclic) bond motifs is 5. The summed E-state index contributed by atoms with van der Waals surface area (Å²) in [6, 6.07) is 43.4. The first-order valence-electron chi connectivity index (χ1n) is 12.0. The predicted molar refractivity (Wildman–Crippen MR) is 155 cm³/mol. The molecule has 6 rings (SSSR count). The number of amidine groups is 1. The zero-order chi connectivity index (χ0) is 25.3. The van der Waals surface area contributed by atoms with Crippen LogP contribution in [-0.2, 0) is 6.54 Å². The third-order valence-electron chi connectivity index (χ3n) is 6.04. The molecule has 6 aromatic rings. The Morgan fingerprint density at radius 3 is 1.78 bits per heavy atom. The van der Waals surface area contributed by atoms with Crippen LogP contribution in [0.15, 0.2) is 127 Å².